The van der Waals surface area contributed by atoms with Crippen LogP contribution in [0.1, 0.15) is 45.8 Å². The van der Waals surface area contributed by atoms with Crippen LogP contribution in [0.15, 0.2) is 71.2 Å². The first-order chi connectivity index (χ1) is 26.4. The Balaban J connectivity index is 1.07. The molecule has 294 valence electrons. The van der Waals surface area contributed by atoms with Crippen molar-refractivity contribution in [2.45, 2.75) is 25.4 Å². The number of ketones is 1. The van der Waals surface area contributed by atoms with Gasteiger partial charge in [-0.1, -0.05) is 18.2 Å². The maximum Gasteiger partial charge on any atom is 0.376 e. The fraction of sp³-hybridized carbons (Fsp3) is 0.359. The van der Waals surface area contributed by atoms with Gasteiger partial charge in [-0.2, -0.15) is 0 Å². The maximum absolute atomic E-state index is 13.7. The van der Waals surface area contributed by atoms with Gasteiger partial charge in [0.25, 0.3) is 11.7 Å². The van der Waals surface area contributed by atoms with Gasteiger partial charge in [0.1, 0.15) is 22.9 Å². The van der Waals surface area contributed by atoms with Crippen molar-refractivity contribution < 1.29 is 60.8 Å². The zero-order valence-electron chi connectivity index (χ0n) is 30.4. The first kappa shape index (κ1) is 41.0. The van der Waals surface area contributed by atoms with E-state index < -0.39 is 33.4 Å². The third-order valence-electron chi connectivity index (χ3n) is 8.61. The molecule has 0 spiro atoms. The average Bonchev–Trinajstić information content (AvgIpc) is 3.94. The minimum absolute atomic E-state index is 0.0353. The molecule has 16 heteroatoms. The molecular formula is C39H43FN2O12S. The Labute approximate surface area is 317 Å². The SMILES string of the molecule is CNC(=O)c1c(-c2ccc(F)cc2)oc2cc(N(CCOCCOCCOCCOCc3cccc(C(O)=CC(=O)C(=O)O)c3)S(C)(=O)=O)c(C3CC3)cc12. The van der Waals surface area contributed by atoms with E-state index in [1.54, 1.807) is 24.3 Å². The van der Waals surface area contributed by atoms with Crippen molar-refractivity contribution in [2.75, 3.05) is 70.4 Å². The van der Waals surface area contributed by atoms with Gasteiger partial charge in [0, 0.05) is 35.7 Å². The van der Waals surface area contributed by atoms with Crippen LogP contribution in [0, 0.1) is 5.82 Å². The van der Waals surface area contributed by atoms with Crippen molar-refractivity contribution in [3.63, 3.8) is 0 Å². The van der Waals surface area contributed by atoms with Gasteiger partial charge in [0.05, 0.1) is 76.9 Å². The molecule has 14 nitrogen and oxygen atoms in total. The summed E-state index contributed by atoms with van der Waals surface area (Å²) in [5.74, 6) is -3.78. The summed E-state index contributed by atoms with van der Waals surface area (Å²) in [6, 6.07) is 15.6. The molecule has 0 aliphatic heterocycles. The molecular weight excluding hydrogens is 739 g/mol. The van der Waals surface area contributed by atoms with Gasteiger partial charge in [-0.3, -0.25) is 13.9 Å². The number of anilines is 1. The Kier molecular flexibility index (Phi) is 14.1. The average molecular weight is 783 g/mol. The first-order valence-electron chi connectivity index (χ1n) is 17.5. The van der Waals surface area contributed by atoms with Crippen molar-refractivity contribution in [3.8, 4) is 11.3 Å². The van der Waals surface area contributed by atoms with Crippen molar-refractivity contribution in [3.05, 3.63) is 94.8 Å². The van der Waals surface area contributed by atoms with Crippen LogP contribution in [0.3, 0.4) is 0 Å². The molecule has 5 rings (SSSR count). The Morgan fingerprint density at radius 1 is 0.909 bits per heavy atom. The zero-order valence-corrected chi connectivity index (χ0v) is 31.2. The van der Waals surface area contributed by atoms with Crippen LogP contribution in [0.2, 0.25) is 0 Å². The van der Waals surface area contributed by atoms with E-state index in [2.05, 4.69) is 5.32 Å². The quantitative estimate of drug-likeness (QED) is 0.0416. The predicted octanol–water partition coefficient (Wildman–Crippen LogP) is 5.06. The summed E-state index contributed by atoms with van der Waals surface area (Å²) in [5, 5.41) is 21.9. The molecule has 0 saturated heterocycles. The number of carboxylic acids is 1. The molecule has 4 aromatic rings. The number of halogens is 1. The lowest BCUT2D eigenvalue weighted by Gasteiger charge is -2.25. The van der Waals surface area contributed by atoms with Crippen LogP contribution in [0.25, 0.3) is 28.1 Å². The maximum atomic E-state index is 13.7. The van der Waals surface area contributed by atoms with Gasteiger partial charge >= 0.3 is 5.97 Å². The molecule has 0 atom stereocenters. The highest BCUT2D eigenvalue weighted by Gasteiger charge is 2.33. The summed E-state index contributed by atoms with van der Waals surface area (Å²) in [7, 11) is -2.24. The van der Waals surface area contributed by atoms with Gasteiger partial charge in [-0.15, -0.1) is 0 Å². The van der Waals surface area contributed by atoms with Crippen molar-refractivity contribution in [2.24, 2.45) is 0 Å². The van der Waals surface area contributed by atoms with Crippen molar-refractivity contribution in [1.29, 1.82) is 0 Å². The Bertz CT molecular complexity index is 2130. The van der Waals surface area contributed by atoms with Crippen LogP contribution in [0.4, 0.5) is 10.1 Å². The number of aliphatic hydroxyl groups excluding tert-OH is 1. The number of carbonyl (C=O) groups is 3. The second-order valence-corrected chi connectivity index (χ2v) is 14.6. The summed E-state index contributed by atoms with van der Waals surface area (Å²) in [6.07, 6.45) is 3.52. The molecule has 3 aromatic carbocycles. The second kappa shape index (κ2) is 19.0. The topological polar surface area (TPSA) is 191 Å². The van der Waals surface area contributed by atoms with Gasteiger partial charge in [-0.25, -0.2) is 17.6 Å². The lowest BCUT2D eigenvalue weighted by Crippen LogP contribution is -2.34. The number of fused-ring (bicyclic) bond motifs is 1. The second-order valence-electron chi connectivity index (χ2n) is 12.7. The van der Waals surface area contributed by atoms with Crippen molar-refractivity contribution >= 4 is 50.1 Å². The van der Waals surface area contributed by atoms with Crippen LogP contribution >= 0.6 is 0 Å². The number of aliphatic hydroxyl groups is 1. The summed E-state index contributed by atoms with van der Waals surface area (Å²) in [4.78, 5) is 35.0. The lowest BCUT2D eigenvalue weighted by molar-refractivity contribution is -0.146. The van der Waals surface area contributed by atoms with E-state index in [0.29, 0.717) is 53.7 Å². The molecule has 1 amide bonds. The third-order valence-corrected chi connectivity index (χ3v) is 9.79. The molecule has 0 bridgehead atoms. The van der Waals surface area contributed by atoms with E-state index in [9.17, 15) is 32.3 Å². The Morgan fingerprint density at radius 2 is 1.55 bits per heavy atom. The molecule has 1 fully saturated rings. The molecule has 1 heterocycles. The summed E-state index contributed by atoms with van der Waals surface area (Å²) < 4.78 is 69.7. The largest absolute Gasteiger partial charge is 0.507 e. The van der Waals surface area contributed by atoms with E-state index in [1.807, 2.05) is 6.07 Å². The van der Waals surface area contributed by atoms with Gasteiger partial charge < -0.3 is 38.9 Å². The highest BCUT2D eigenvalue weighted by atomic mass is 32.2. The minimum Gasteiger partial charge on any atom is -0.507 e. The summed E-state index contributed by atoms with van der Waals surface area (Å²) >= 11 is 0. The zero-order chi connectivity index (χ0) is 39.5. The van der Waals surface area contributed by atoms with Crippen LogP contribution < -0.4 is 9.62 Å². The van der Waals surface area contributed by atoms with E-state index in [-0.39, 0.29) is 68.3 Å². The van der Waals surface area contributed by atoms with Gasteiger partial charge in [0.15, 0.2) is 0 Å². The van der Waals surface area contributed by atoms with Gasteiger partial charge in [-0.05, 0) is 66.3 Å². The number of carboxylic acid groups (broad SMARTS) is 1. The molecule has 3 N–H and O–H groups in total. The van der Waals surface area contributed by atoms with Crippen LogP contribution in [0.5, 0.6) is 0 Å². The number of amides is 1. The third kappa shape index (κ3) is 11.2. The normalized spacial score (nSPS) is 13.3. The number of sulfonamides is 1. The fourth-order valence-corrected chi connectivity index (χ4v) is 6.71. The van der Waals surface area contributed by atoms with Crippen molar-refractivity contribution in [1.82, 2.24) is 5.32 Å². The molecule has 1 saturated carbocycles. The molecule has 1 aliphatic rings. The van der Waals surface area contributed by atoms with Crippen LogP contribution in [-0.2, 0) is 45.2 Å². The number of carbonyl (C=O) groups excluding carboxylic acids is 2. The highest BCUT2D eigenvalue weighted by molar-refractivity contribution is 7.92. The Morgan fingerprint density at radius 3 is 2.15 bits per heavy atom. The number of benzene rings is 3. The smallest absolute Gasteiger partial charge is 0.376 e. The number of hydrogen-bond acceptors (Lipinski definition) is 11. The standard InChI is InChI=1S/C39H43FN2O12S/c1-41-38(45)36-31-21-30(26-6-7-26)32(22-35(31)54-37(36)27-8-10-29(40)11-9-27)42(55(2,48)49)12-13-50-14-15-51-16-17-52-18-19-53-24-25-4-3-5-28(20-25)33(43)23-34(44)39(46)47/h3-5,8-11,20-23,26,43H,6-7,12-19,24H2,1-2H3,(H,41,45)(H,46,47). The van der Waals surface area contributed by atoms with E-state index in [1.165, 1.54) is 41.7 Å². The lowest BCUT2D eigenvalue weighted by atomic mass is 10.0. The van der Waals surface area contributed by atoms with Gasteiger partial charge in [0.2, 0.25) is 10.0 Å². The number of ether oxygens (including phenoxy) is 4. The minimum atomic E-state index is -3.75. The number of hydrogen-bond donors (Lipinski definition) is 3. The summed E-state index contributed by atoms with van der Waals surface area (Å²) in [5.41, 5.74) is 3.36. The van der Waals surface area contributed by atoms with E-state index >= 15 is 0 Å². The number of aliphatic carboxylic acids is 1. The molecule has 0 unspecified atom stereocenters. The number of nitrogens with zero attached hydrogens (tertiary/aromatic N) is 1. The monoisotopic (exact) mass is 782 g/mol. The Hall–Kier alpha value is -5.13. The predicted molar refractivity (Wildman–Crippen MR) is 201 cm³/mol. The fourth-order valence-electron chi connectivity index (χ4n) is 5.79. The molecule has 55 heavy (non-hydrogen) atoms. The molecule has 0 radical (unpaired) electrons. The molecule has 1 aliphatic carbocycles. The van der Waals surface area contributed by atoms with Crippen LogP contribution in [-0.4, -0.2) is 102 Å². The molecule has 1 aromatic heterocycles. The number of rotatable bonds is 22. The first-order valence-corrected chi connectivity index (χ1v) is 19.4. The summed E-state index contributed by atoms with van der Waals surface area (Å²) in [6.45, 7) is 2.00. The van der Waals surface area contributed by atoms with E-state index in [4.69, 9.17) is 28.5 Å². The van der Waals surface area contributed by atoms with E-state index in [0.717, 1.165) is 24.7 Å². The number of furan rings is 1. The number of nitrogens with one attached hydrogen (secondary N) is 1. The highest BCUT2D eigenvalue weighted by Crippen LogP contribution is 2.48.